The fourth-order valence-corrected chi connectivity index (χ4v) is 2.42. The molecule has 0 unspecified atom stereocenters. The topological polar surface area (TPSA) is 20.2 Å². The predicted octanol–water partition coefficient (Wildman–Crippen LogP) is -3.78. The molecule has 1 nitrogen and oxygen atoms in total. The molecule has 0 saturated heterocycles. The number of halogens is 2. The van der Waals surface area contributed by atoms with Gasteiger partial charge in [-0.2, -0.15) is 30.3 Å². The third kappa shape index (κ3) is 8.84. The van der Waals surface area contributed by atoms with Crippen molar-refractivity contribution in [3.63, 3.8) is 0 Å². The molecular weight excluding hydrogens is 350 g/mol. The van der Waals surface area contributed by atoms with Crippen molar-refractivity contribution >= 4 is 14.0 Å². The van der Waals surface area contributed by atoms with Crippen molar-refractivity contribution in [1.82, 2.24) is 0 Å². The molecule has 0 spiro atoms. The third-order valence-corrected chi connectivity index (χ3v) is 3.74. The number of hydrogen-bond acceptors (Lipinski definition) is 1. The van der Waals surface area contributed by atoms with Crippen LogP contribution in [0, 0.1) is 0 Å². The fourth-order valence-electron chi connectivity index (χ4n) is 1.23. The summed E-state index contributed by atoms with van der Waals surface area (Å²) in [6.45, 7) is 4.41. The van der Waals surface area contributed by atoms with Gasteiger partial charge < -0.3 is 29.9 Å². The van der Waals surface area contributed by atoms with Crippen LogP contribution in [0.25, 0.3) is 0 Å². The van der Waals surface area contributed by atoms with Crippen molar-refractivity contribution in [1.29, 1.82) is 0 Å². The first-order valence-electron chi connectivity index (χ1n) is 4.83. The van der Waals surface area contributed by atoms with Gasteiger partial charge in [0.05, 0.1) is 0 Å². The summed E-state index contributed by atoms with van der Waals surface area (Å²) in [5.74, 6) is 0.483. The largest absolute Gasteiger partial charge is 4.00 e. The van der Waals surface area contributed by atoms with Crippen molar-refractivity contribution in [2.45, 2.75) is 13.1 Å². The van der Waals surface area contributed by atoms with Crippen LogP contribution >= 0.6 is 0 Å². The molecule has 92 valence electrons. The SMILES string of the molecule is C[SiH](C)[c-]1cccc1O.[Cl-].[Cl-].[Zr+4].c1cc[cH-]c1. The van der Waals surface area contributed by atoms with Crippen molar-refractivity contribution in [3.05, 3.63) is 48.5 Å². The molecule has 5 heteroatoms. The van der Waals surface area contributed by atoms with E-state index in [1.165, 1.54) is 5.19 Å². The average molecular weight is 366 g/mol. The van der Waals surface area contributed by atoms with Gasteiger partial charge in [-0.15, -0.1) is 5.19 Å². The van der Waals surface area contributed by atoms with E-state index in [-0.39, 0.29) is 51.0 Å². The van der Waals surface area contributed by atoms with E-state index in [2.05, 4.69) is 13.1 Å². The quantitative estimate of drug-likeness (QED) is 0.406. The Bertz CT molecular complexity index is 330. The zero-order valence-electron chi connectivity index (χ0n) is 9.90. The van der Waals surface area contributed by atoms with Crippen LogP contribution in [-0.4, -0.2) is 13.9 Å². The fraction of sp³-hybridized carbons (Fsp3) is 0.167. The van der Waals surface area contributed by atoms with Crippen LogP contribution in [-0.2, 0) is 26.2 Å². The molecule has 0 fully saturated rings. The summed E-state index contributed by atoms with van der Waals surface area (Å²) in [6.07, 6.45) is 0. The molecule has 2 aromatic rings. The molecular formula is C12H16Cl2OSiZr. The van der Waals surface area contributed by atoms with Crippen LogP contribution in [0.4, 0.5) is 0 Å². The molecule has 0 radical (unpaired) electrons. The maximum Gasteiger partial charge on any atom is 4.00 e. The molecule has 1 N–H and O–H groups in total. The normalized spacial score (nSPS) is 7.94. The number of hydrogen-bond donors (Lipinski definition) is 1. The first-order chi connectivity index (χ1) is 6.72. The summed E-state index contributed by atoms with van der Waals surface area (Å²) >= 11 is 0. The van der Waals surface area contributed by atoms with E-state index in [4.69, 9.17) is 5.11 Å². The minimum atomic E-state index is -0.769. The van der Waals surface area contributed by atoms with Gasteiger partial charge in [-0.3, -0.25) is 0 Å². The van der Waals surface area contributed by atoms with Crippen LogP contribution < -0.4 is 30.0 Å². The molecule has 0 aliphatic carbocycles. The Morgan fingerprint density at radius 3 is 1.82 bits per heavy atom. The van der Waals surface area contributed by atoms with Gasteiger partial charge in [-0.1, -0.05) is 13.1 Å². The summed E-state index contributed by atoms with van der Waals surface area (Å²) in [6, 6.07) is 15.7. The molecule has 17 heavy (non-hydrogen) atoms. The Balaban J connectivity index is -0.000000216. The standard InChI is InChI=1S/C7H11OSi.C5H5.2ClH.Zr/c1-9(2)7-5-3-4-6(7)8;1-2-4-5-3-1;;;/h3-5,8-9H,1-2H3;1-5H;2*1H;/q2*-1;;;+4/p-2. The van der Waals surface area contributed by atoms with Gasteiger partial charge >= 0.3 is 26.2 Å². The van der Waals surface area contributed by atoms with Crippen molar-refractivity contribution < 1.29 is 56.1 Å². The van der Waals surface area contributed by atoms with Crippen LogP contribution in [0.2, 0.25) is 13.1 Å². The molecule has 2 aromatic carbocycles. The Kier molecular flexibility index (Phi) is 16.6. The van der Waals surface area contributed by atoms with E-state index in [0.717, 1.165) is 0 Å². The van der Waals surface area contributed by atoms with E-state index in [9.17, 15) is 0 Å². The van der Waals surface area contributed by atoms with E-state index >= 15 is 0 Å². The molecule has 0 saturated carbocycles. The molecule has 0 amide bonds. The summed E-state index contributed by atoms with van der Waals surface area (Å²) in [7, 11) is -0.769. The van der Waals surface area contributed by atoms with E-state index in [1.807, 2.05) is 42.5 Å². The zero-order valence-corrected chi connectivity index (χ0v) is 15.0. The third-order valence-electron chi connectivity index (χ3n) is 2.00. The number of rotatable bonds is 1. The van der Waals surface area contributed by atoms with Crippen LogP contribution in [0.1, 0.15) is 0 Å². The van der Waals surface area contributed by atoms with Gasteiger partial charge in [0, 0.05) is 8.80 Å². The summed E-state index contributed by atoms with van der Waals surface area (Å²) in [5.41, 5.74) is 0. The monoisotopic (exact) mass is 364 g/mol. The average Bonchev–Trinajstić information content (AvgIpc) is 2.74. The van der Waals surface area contributed by atoms with Crippen LogP contribution in [0.15, 0.2) is 48.5 Å². The van der Waals surface area contributed by atoms with Crippen molar-refractivity contribution in [2.75, 3.05) is 0 Å². The zero-order chi connectivity index (χ0) is 10.4. The summed E-state index contributed by atoms with van der Waals surface area (Å²) in [4.78, 5) is 0. The van der Waals surface area contributed by atoms with Crippen molar-refractivity contribution in [3.8, 4) is 5.75 Å². The summed E-state index contributed by atoms with van der Waals surface area (Å²) < 4.78 is 0. The maximum atomic E-state index is 9.16. The maximum absolute atomic E-state index is 9.16. The predicted molar refractivity (Wildman–Crippen MR) is 64.2 cm³/mol. The van der Waals surface area contributed by atoms with Gasteiger partial charge in [0.15, 0.2) is 0 Å². The Morgan fingerprint density at radius 1 is 1.12 bits per heavy atom. The van der Waals surface area contributed by atoms with Gasteiger partial charge in [-0.25, -0.2) is 18.2 Å². The molecule has 0 bridgehead atoms. The minimum Gasteiger partial charge on any atom is -1.00 e. The van der Waals surface area contributed by atoms with Crippen LogP contribution in [0.3, 0.4) is 0 Å². The molecule has 0 aliphatic heterocycles. The van der Waals surface area contributed by atoms with E-state index < -0.39 is 8.80 Å². The van der Waals surface area contributed by atoms with Gasteiger partial charge in [0.1, 0.15) is 0 Å². The second kappa shape index (κ2) is 12.6. The first-order valence-corrected chi connectivity index (χ1v) is 7.71. The molecule has 0 atom stereocenters. The second-order valence-electron chi connectivity index (χ2n) is 3.48. The van der Waals surface area contributed by atoms with Crippen molar-refractivity contribution in [2.24, 2.45) is 0 Å². The first kappa shape index (κ1) is 22.4. The Labute approximate surface area is 137 Å². The second-order valence-corrected chi connectivity index (χ2v) is 6.41. The van der Waals surface area contributed by atoms with E-state index in [0.29, 0.717) is 5.75 Å². The van der Waals surface area contributed by atoms with Gasteiger partial charge in [-0.05, 0) is 5.75 Å². The number of aromatic hydroxyl groups is 1. The minimum absolute atomic E-state index is 0. The Hall–Kier alpha value is 0.180. The Morgan fingerprint density at radius 2 is 1.65 bits per heavy atom. The van der Waals surface area contributed by atoms with Gasteiger partial charge in [0.2, 0.25) is 0 Å². The molecule has 0 aromatic heterocycles. The van der Waals surface area contributed by atoms with Gasteiger partial charge in [0.25, 0.3) is 0 Å². The smallest absolute Gasteiger partial charge is 1.00 e. The van der Waals surface area contributed by atoms with E-state index in [1.54, 1.807) is 6.07 Å². The molecule has 2 rings (SSSR count). The van der Waals surface area contributed by atoms with Crippen LogP contribution in [0.5, 0.6) is 5.75 Å². The molecule has 0 heterocycles. The summed E-state index contributed by atoms with van der Waals surface area (Å²) in [5, 5.41) is 10.3. The molecule has 0 aliphatic rings.